The number of nitrogens with one attached hydrogen (secondary N) is 2. The molecule has 4 heteroatoms. The van der Waals surface area contributed by atoms with Crippen LogP contribution < -0.4 is 10.9 Å². The summed E-state index contributed by atoms with van der Waals surface area (Å²) in [6.45, 7) is 7.27. The molecule has 0 aliphatic rings. The van der Waals surface area contributed by atoms with Crippen LogP contribution in [0.1, 0.15) is 27.7 Å². The van der Waals surface area contributed by atoms with Crippen LogP contribution in [0.2, 0.25) is 0 Å². The van der Waals surface area contributed by atoms with E-state index < -0.39 is 0 Å². The molecule has 0 aliphatic heterocycles. The van der Waals surface area contributed by atoms with Crippen LogP contribution in [0.5, 0.6) is 0 Å². The first-order valence-corrected chi connectivity index (χ1v) is 4.07. The molecule has 0 saturated heterocycles. The minimum atomic E-state index is -0.329. The van der Waals surface area contributed by atoms with Gasteiger partial charge in [-0.05, 0) is 5.41 Å². The minimum Gasteiger partial charge on any atom is -0.274 e. The molecule has 13 heavy (non-hydrogen) atoms. The van der Waals surface area contributed by atoms with Crippen molar-refractivity contribution >= 4 is 11.8 Å². The van der Waals surface area contributed by atoms with Gasteiger partial charge in [0.15, 0.2) is 0 Å². The van der Waals surface area contributed by atoms with Crippen LogP contribution in [0, 0.1) is 5.41 Å². The van der Waals surface area contributed by atoms with Crippen LogP contribution in [0.15, 0.2) is 12.2 Å². The van der Waals surface area contributed by atoms with Crippen LogP contribution in [0.3, 0.4) is 0 Å². The molecule has 4 nitrogen and oxygen atoms in total. The Hall–Kier alpha value is -1.32. The molecule has 0 radical (unpaired) electrons. The molecule has 0 heterocycles. The topological polar surface area (TPSA) is 58.2 Å². The summed E-state index contributed by atoms with van der Waals surface area (Å²) in [6.07, 6.45) is 3.17. The van der Waals surface area contributed by atoms with E-state index in [1.54, 1.807) is 6.08 Å². The lowest BCUT2D eigenvalue weighted by Crippen LogP contribution is -2.39. The summed E-state index contributed by atoms with van der Waals surface area (Å²) in [4.78, 5) is 21.4. The molecule has 0 bridgehead atoms. The average Bonchev–Trinajstić information content (AvgIpc) is 1.95. The number of hydrogen-bond donors (Lipinski definition) is 2. The zero-order valence-electron chi connectivity index (χ0n) is 8.47. The van der Waals surface area contributed by atoms with Gasteiger partial charge in [0.25, 0.3) is 5.91 Å². The Labute approximate surface area is 78.4 Å². The van der Waals surface area contributed by atoms with Crippen molar-refractivity contribution in [3.05, 3.63) is 12.2 Å². The fraction of sp³-hybridized carbons (Fsp3) is 0.556. The molecule has 0 aliphatic carbocycles. The van der Waals surface area contributed by atoms with E-state index in [-0.39, 0.29) is 17.2 Å². The number of hydrazine groups is 1. The second-order valence-electron chi connectivity index (χ2n) is 3.87. The Morgan fingerprint density at radius 2 is 1.69 bits per heavy atom. The van der Waals surface area contributed by atoms with Crippen molar-refractivity contribution in [1.29, 1.82) is 0 Å². The summed E-state index contributed by atoms with van der Waals surface area (Å²) in [5, 5.41) is 0. The van der Waals surface area contributed by atoms with Crippen molar-refractivity contribution in [2.45, 2.75) is 27.7 Å². The fourth-order valence-electron chi connectivity index (χ4n) is 0.517. The highest BCUT2D eigenvalue weighted by atomic mass is 16.2. The monoisotopic (exact) mass is 184 g/mol. The predicted molar refractivity (Wildman–Crippen MR) is 50.6 cm³/mol. The van der Waals surface area contributed by atoms with Gasteiger partial charge < -0.3 is 0 Å². The molecule has 2 N–H and O–H groups in total. The Morgan fingerprint density at radius 1 is 1.15 bits per heavy atom. The maximum absolute atomic E-state index is 11.0. The molecule has 2 amide bonds. The van der Waals surface area contributed by atoms with Gasteiger partial charge in [0, 0.05) is 13.0 Å². The van der Waals surface area contributed by atoms with Crippen LogP contribution in [-0.4, -0.2) is 11.8 Å². The van der Waals surface area contributed by atoms with E-state index in [1.807, 2.05) is 20.8 Å². The maximum atomic E-state index is 11.0. The quantitative estimate of drug-likeness (QED) is 0.467. The van der Waals surface area contributed by atoms with Gasteiger partial charge in [0.05, 0.1) is 0 Å². The Morgan fingerprint density at radius 3 is 2.08 bits per heavy atom. The number of rotatable bonds is 1. The number of hydrogen-bond acceptors (Lipinski definition) is 2. The van der Waals surface area contributed by atoms with Crippen molar-refractivity contribution < 1.29 is 9.59 Å². The number of carbonyl (C=O) groups is 2. The third-order valence-corrected chi connectivity index (χ3v) is 1.10. The van der Waals surface area contributed by atoms with E-state index >= 15 is 0 Å². The lowest BCUT2D eigenvalue weighted by Gasteiger charge is -2.10. The fourth-order valence-corrected chi connectivity index (χ4v) is 0.517. The first kappa shape index (κ1) is 11.7. The van der Waals surface area contributed by atoms with Gasteiger partial charge in [0.1, 0.15) is 0 Å². The molecule has 0 aromatic rings. The van der Waals surface area contributed by atoms with E-state index in [2.05, 4.69) is 10.9 Å². The van der Waals surface area contributed by atoms with Gasteiger partial charge >= 0.3 is 0 Å². The van der Waals surface area contributed by atoms with Gasteiger partial charge in [-0.1, -0.05) is 26.8 Å². The van der Waals surface area contributed by atoms with Crippen LogP contribution in [-0.2, 0) is 9.59 Å². The molecule has 0 saturated carbocycles. The first-order chi connectivity index (χ1) is 5.81. The smallest absolute Gasteiger partial charge is 0.262 e. The van der Waals surface area contributed by atoms with Crippen molar-refractivity contribution in [3.63, 3.8) is 0 Å². The summed E-state index contributed by atoms with van der Waals surface area (Å²) in [5.74, 6) is -0.623. The van der Waals surface area contributed by atoms with Crippen LogP contribution in [0.25, 0.3) is 0 Å². The second kappa shape index (κ2) is 4.64. The summed E-state index contributed by atoms with van der Waals surface area (Å²) >= 11 is 0. The normalized spacial score (nSPS) is 11.4. The van der Waals surface area contributed by atoms with E-state index in [1.165, 1.54) is 13.0 Å². The zero-order valence-corrected chi connectivity index (χ0v) is 8.47. The Bertz CT molecular complexity index is 226. The van der Waals surface area contributed by atoms with Gasteiger partial charge in [-0.15, -0.1) is 0 Å². The number of carbonyl (C=O) groups excluding carboxylic acids is 2. The van der Waals surface area contributed by atoms with Gasteiger partial charge in [-0.3, -0.25) is 20.4 Å². The van der Waals surface area contributed by atoms with Gasteiger partial charge in [0.2, 0.25) is 5.91 Å². The predicted octanol–water partition coefficient (Wildman–Crippen LogP) is 0.756. The number of amides is 2. The second-order valence-corrected chi connectivity index (χ2v) is 3.87. The lowest BCUT2D eigenvalue weighted by molar-refractivity contribution is -0.125. The van der Waals surface area contributed by atoms with Crippen molar-refractivity contribution in [3.8, 4) is 0 Å². The highest BCUT2D eigenvalue weighted by Gasteiger charge is 2.05. The molecule has 0 fully saturated rings. The summed E-state index contributed by atoms with van der Waals surface area (Å²) < 4.78 is 0. The summed E-state index contributed by atoms with van der Waals surface area (Å²) in [6, 6.07) is 0. The molecule has 0 rings (SSSR count). The van der Waals surface area contributed by atoms with Gasteiger partial charge in [-0.25, -0.2) is 0 Å². The molecule has 0 atom stereocenters. The highest BCUT2D eigenvalue weighted by Crippen LogP contribution is 2.13. The van der Waals surface area contributed by atoms with E-state index in [0.29, 0.717) is 0 Å². The molecular weight excluding hydrogens is 168 g/mol. The van der Waals surface area contributed by atoms with Crippen LogP contribution in [0.4, 0.5) is 0 Å². The lowest BCUT2D eigenvalue weighted by atomic mass is 9.96. The Balaban J connectivity index is 3.88. The SMILES string of the molecule is CC(=O)NNC(=O)/C=C/C(C)(C)C. The molecular formula is C9H16N2O2. The molecule has 0 unspecified atom stereocenters. The summed E-state index contributed by atoms with van der Waals surface area (Å²) in [5.41, 5.74) is 4.39. The Kier molecular flexibility index (Phi) is 4.17. The van der Waals surface area contributed by atoms with E-state index in [4.69, 9.17) is 0 Å². The van der Waals surface area contributed by atoms with Crippen molar-refractivity contribution in [2.75, 3.05) is 0 Å². The number of allylic oxidation sites excluding steroid dienone is 1. The maximum Gasteiger partial charge on any atom is 0.262 e. The van der Waals surface area contributed by atoms with Crippen LogP contribution >= 0.6 is 0 Å². The molecule has 0 aromatic heterocycles. The van der Waals surface area contributed by atoms with E-state index in [9.17, 15) is 9.59 Å². The van der Waals surface area contributed by atoms with Gasteiger partial charge in [-0.2, -0.15) is 0 Å². The summed E-state index contributed by atoms with van der Waals surface area (Å²) in [7, 11) is 0. The minimum absolute atomic E-state index is 0.0342. The average molecular weight is 184 g/mol. The third kappa shape index (κ3) is 8.59. The van der Waals surface area contributed by atoms with Crippen molar-refractivity contribution in [1.82, 2.24) is 10.9 Å². The van der Waals surface area contributed by atoms with E-state index in [0.717, 1.165) is 0 Å². The highest BCUT2D eigenvalue weighted by molar-refractivity contribution is 5.89. The molecule has 74 valence electrons. The zero-order chi connectivity index (χ0) is 10.5. The largest absolute Gasteiger partial charge is 0.274 e. The molecule has 0 spiro atoms. The van der Waals surface area contributed by atoms with Crippen molar-refractivity contribution in [2.24, 2.45) is 5.41 Å². The molecule has 0 aromatic carbocycles. The first-order valence-electron chi connectivity index (χ1n) is 4.07. The third-order valence-electron chi connectivity index (χ3n) is 1.10. The standard InChI is InChI=1S/C9H16N2O2/c1-7(12)10-11-8(13)5-6-9(2,3)4/h5-6H,1-4H3,(H,10,12)(H,11,13)/b6-5+.